The van der Waals surface area contributed by atoms with E-state index in [1.165, 1.54) is 16.9 Å². The van der Waals surface area contributed by atoms with Gasteiger partial charge in [-0.3, -0.25) is 4.79 Å². The van der Waals surface area contributed by atoms with Crippen LogP contribution in [0.25, 0.3) is 0 Å². The molecular formula is C18H16BrN3O2S2. The number of nitrogens with one attached hydrogen (secondary N) is 1. The van der Waals surface area contributed by atoms with Crippen molar-refractivity contribution in [1.82, 2.24) is 10.2 Å². The first-order valence-electron chi connectivity index (χ1n) is 7.76. The van der Waals surface area contributed by atoms with Crippen molar-refractivity contribution >= 4 is 50.1 Å². The molecule has 0 bridgehead atoms. The quantitative estimate of drug-likeness (QED) is 0.415. The minimum absolute atomic E-state index is 0.115. The Morgan fingerprint density at radius 3 is 2.50 bits per heavy atom. The Hall–Kier alpha value is -1.90. The maximum Gasteiger partial charge on any atom is 0.230 e. The van der Waals surface area contributed by atoms with E-state index in [0.717, 1.165) is 25.9 Å². The lowest BCUT2D eigenvalue weighted by atomic mass is 10.1. The molecule has 1 heterocycles. The second kappa shape index (κ2) is 9.16. The van der Waals surface area contributed by atoms with Crippen molar-refractivity contribution in [3.8, 4) is 5.75 Å². The highest BCUT2D eigenvalue weighted by Gasteiger charge is 2.10. The second-order valence-corrected chi connectivity index (χ2v) is 8.48. The summed E-state index contributed by atoms with van der Waals surface area (Å²) in [6.45, 7) is 0. The number of aromatic nitrogens is 2. The number of methoxy groups -OCH3 is 1. The lowest BCUT2D eigenvalue weighted by Gasteiger charge is -2.03. The Labute approximate surface area is 168 Å². The van der Waals surface area contributed by atoms with Gasteiger partial charge in [-0.05, 0) is 35.4 Å². The molecule has 0 aliphatic rings. The summed E-state index contributed by atoms with van der Waals surface area (Å²) in [7, 11) is 1.61. The summed E-state index contributed by atoms with van der Waals surface area (Å²) in [5, 5.41) is 11.5. The number of nitrogens with zero attached hydrogens (tertiary/aromatic N) is 2. The fraction of sp³-hybridized carbons (Fsp3) is 0.167. The van der Waals surface area contributed by atoms with Crippen molar-refractivity contribution in [2.75, 3.05) is 12.4 Å². The Morgan fingerprint density at radius 2 is 1.81 bits per heavy atom. The van der Waals surface area contributed by atoms with E-state index in [1.807, 2.05) is 36.4 Å². The molecule has 0 fully saturated rings. The van der Waals surface area contributed by atoms with Crippen LogP contribution in [0.5, 0.6) is 5.75 Å². The molecule has 0 spiro atoms. The molecule has 0 radical (unpaired) electrons. The zero-order valence-corrected chi connectivity index (χ0v) is 17.2. The predicted octanol–water partition coefficient (Wildman–Crippen LogP) is 4.78. The second-order valence-electron chi connectivity index (χ2n) is 5.36. The Bertz CT molecular complexity index is 867. The van der Waals surface area contributed by atoms with Gasteiger partial charge in [-0.25, -0.2) is 0 Å². The highest BCUT2D eigenvalue weighted by molar-refractivity contribution is 9.10. The molecule has 8 heteroatoms. The normalized spacial score (nSPS) is 10.5. The average Bonchev–Trinajstić information content (AvgIpc) is 3.09. The molecule has 5 nitrogen and oxygen atoms in total. The van der Waals surface area contributed by atoms with Crippen LogP contribution in [0.4, 0.5) is 5.13 Å². The number of halogens is 1. The van der Waals surface area contributed by atoms with Crippen molar-refractivity contribution in [2.24, 2.45) is 0 Å². The summed E-state index contributed by atoms with van der Waals surface area (Å²) in [4.78, 5) is 12.1. The van der Waals surface area contributed by atoms with Gasteiger partial charge in [-0.15, -0.1) is 10.2 Å². The van der Waals surface area contributed by atoms with Gasteiger partial charge in [0, 0.05) is 10.2 Å². The number of benzene rings is 2. The van der Waals surface area contributed by atoms with Gasteiger partial charge in [-0.2, -0.15) is 0 Å². The maximum absolute atomic E-state index is 12.1. The maximum atomic E-state index is 12.1. The van der Waals surface area contributed by atoms with Gasteiger partial charge in [0.15, 0.2) is 4.34 Å². The number of amides is 1. The molecule has 0 aliphatic carbocycles. The van der Waals surface area contributed by atoms with E-state index in [2.05, 4.69) is 43.6 Å². The van der Waals surface area contributed by atoms with E-state index >= 15 is 0 Å². The molecule has 0 aliphatic heterocycles. The van der Waals surface area contributed by atoms with Gasteiger partial charge in [0.25, 0.3) is 0 Å². The number of hydrogen-bond acceptors (Lipinski definition) is 6. The van der Waals surface area contributed by atoms with Crippen LogP contribution in [0.2, 0.25) is 0 Å². The highest BCUT2D eigenvalue weighted by Crippen LogP contribution is 2.28. The molecule has 3 aromatic rings. The summed E-state index contributed by atoms with van der Waals surface area (Å²) in [6, 6.07) is 15.6. The topological polar surface area (TPSA) is 64.1 Å². The molecule has 26 heavy (non-hydrogen) atoms. The zero-order chi connectivity index (χ0) is 18.4. The Kier molecular flexibility index (Phi) is 6.65. The first kappa shape index (κ1) is 18.9. The fourth-order valence-electron chi connectivity index (χ4n) is 2.14. The van der Waals surface area contributed by atoms with E-state index in [9.17, 15) is 4.79 Å². The highest BCUT2D eigenvalue weighted by atomic mass is 79.9. The van der Waals surface area contributed by atoms with E-state index in [-0.39, 0.29) is 12.3 Å². The molecule has 0 saturated heterocycles. The van der Waals surface area contributed by atoms with Crippen LogP contribution in [-0.2, 0) is 17.0 Å². The van der Waals surface area contributed by atoms with Gasteiger partial charge in [-0.1, -0.05) is 63.3 Å². The third-order valence-corrected chi connectivity index (χ3v) is 6.02. The molecule has 0 saturated carbocycles. The zero-order valence-electron chi connectivity index (χ0n) is 13.9. The molecular weight excluding hydrogens is 434 g/mol. The number of hydrogen-bond donors (Lipinski definition) is 1. The summed E-state index contributed by atoms with van der Waals surface area (Å²) in [5.74, 6) is 1.46. The van der Waals surface area contributed by atoms with Gasteiger partial charge in [0.2, 0.25) is 11.0 Å². The molecule has 1 amide bonds. The average molecular weight is 450 g/mol. The van der Waals surface area contributed by atoms with Crippen molar-refractivity contribution in [3.05, 3.63) is 64.1 Å². The summed E-state index contributed by atoms with van der Waals surface area (Å²) in [6.07, 6.45) is 0.283. The van der Waals surface area contributed by atoms with Gasteiger partial charge in [0.1, 0.15) is 5.75 Å². The van der Waals surface area contributed by atoms with Gasteiger partial charge < -0.3 is 10.1 Å². The first-order valence-corrected chi connectivity index (χ1v) is 10.4. The van der Waals surface area contributed by atoms with Crippen LogP contribution < -0.4 is 10.1 Å². The molecule has 0 unspecified atom stereocenters. The molecule has 0 atom stereocenters. The largest absolute Gasteiger partial charge is 0.497 e. The number of thioether (sulfide) groups is 1. The van der Waals surface area contributed by atoms with Crippen molar-refractivity contribution in [1.29, 1.82) is 0 Å². The number of carbonyl (C=O) groups is 1. The van der Waals surface area contributed by atoms with Crippen LogP contribution in [0.1, 0.15) is 11.1 Å². The number of carbonyl (C=O) groups excluding carboxylic acids is 1. The number of anilines is 1. The van der Waals surface area contributed by atoms with Gasteiger partial charge >= 0.3 is 0 Å². The lowest BCUT2D eigenvalue weighted by molar-refractivity contribution is -0.115. The third kappa shape index (κ3) is 5.55. The van der Waals surface area contributed by atoms with Crippen molar-refractivity contribution < 1.29 is 9.53 Å². The monoisotopic (exact) mass is 449 g/mol. The Morgan fingerprint density at radius 1 is 1.12 bits per heavy atom. The molecule has 3 rings (SSSR count). The van der Waals surface area contributed by atoms with E-state index in [0.29, 0.717) is 5.13 Å². The molecule has 134 valence electrons. The molecule has 1 aromatic heterocycles. The summed E-state index contributed by atoms with van der Waals surface area (Å²) >= 11 is 6.40. The predicted molar refractivity (Wildman–Crippen MR) is 109 cm³/mol. The summed E-state index contributed by atoms with van der Waals surface area (Å²) in [5.41, 5.74) is 2.12. The minimum atomic E-state index is -0.115. The Balaban J connectivity index is 1.50. The third-order valence-electron chi connectivity index (χ3n) is 3.45. The van der Waals surface area contributed by atoms with Crippen LogP contribution >= 0.6 is 39.0 Å². The van der Waals surface area contributed by atoms with E-state index in [4.69, 9.17) is 4.74 Å². The minimum Gasteiger partial charge on any atom is -0.497 e. The molecule has 1 N–H and O–H groups in total. The molecule has 2 aromatic carbocycles. The number of ether oxygens (including phenoxy) is 1. The standard InChI is InChI=1S/C18H16BrN3O2S2/c1-24-15-8-4-12(5-9-15)10-16(23)20-17-21-22-18(26-17)25-11-13-2-6-14(19)7-3-13/h2-9H,10-11H2,1H3,(H,20,21,23). The van der Waals surface area contributed by atoms with Gasteiger partial charge in [0.05, 0.1) is 13.5 Å². The van der Waals surface area contributed by atoms with Crippen LogP contribution in [0, 0.1) is 0 Å². The van der Waals surface area contributed by atoms with Crippen LogP contribution in [-0.4, -0.2) is 23.2 Å². The van der Waals surface area contributed by atoms with E-state index < -0.39 is 0 Å². The van der Waals surface area contributed by atoms with Crippen molar-refractivity contribution in [2.45, 2.75) is 16.5 Å². The van der Waals surface area contributed by atoms with E-state index in [1.54, 1.807) is 18.9 Å². The van der Waals surface area contributed by atoms with Crippen LogP contribution in [0.3, 0.4) is 0 Å². The first-order chi connectivity index (χ1) is 12.6. The smallest absolute Gasteiger partial charge is 0.230 e. The fourth-order valence-corrected chi connectivity index (χ4v) is 4.12. The number of rotatable bonds is 7. The SMILES string of the molecule is COc1ccc(CC(=O)Nc2nnc(SCc3ccc(Br)cc3)s2)cc1. The summed E-state index contributed by atoms with van der Waals surface area (Å²) < 4.78 is 7.00. The lowest BCUT2D eigenvalue weighted by Crippen LogP contribution is -2.14. The van der Waals surface area contributed by atoms with Crippen LogP contribution in [0.15, 0.2) is 57.3 Å². The van der Waals surface area contributed by atoms with Crippen molar-refractivity contribution in [3.63, 3.8) is 0 Å².